The molecule has 1 aliphatic rings. The molecule has 0 N–H and O–H groups in total. The minimum Gasteiger partial charge on any atom is -0.298 e. The quantitative estimate of drug-likeness (QED) is 0.832. The standard InChI is InChI=1S/C16H20N2O/c1-2-15-16(19)14(8-10-17)9-11-18(15)12-13-6-4-3-5-7-13/h3-7,14-15H,2,8-9,11-12H2,1H3. The molecule has 1 aromatic carbocycles. The van der Waals surface area contributed by atoms with Gasteiger partial charge in [-0.05, 0) is 24.9 Å². The SMILES string of the molecule is CCC1C(=O)C(CC#N)CCN1Cc1ccccc1. The van der Waals surface area contributed by atoms with Crippen LogP contribution in [0.25, 0.3) is 0 Å². The zero-order valence-electron chi connectivity index (χ0n) is 11.4. The van der Waals surface area contributed by atoms with Crippen molar-refractivity contribution in [2.75, 3.05) is 6.54 Å². The highest BCUT2D eigenvalue weighted by Crippen LogP contribution is 2.25. The number of rotatable bonds is 4. The van der Waals surface area contributed by atoms with Gasteiger partial charge in [0.05, 0.1) is 12.1 Å². The highest BCUT2D eigenvalue weighted by atomic mass is 16.1. The normalized spacial score (nSPS) is 24.1. The number of hydrogen-bond donors (Lipinski definition) is 0. The second-order valence-electron chi connectivity index (χ2n) is 5.13. The van der Waals surface area contributed by atoms with Crippen LogP contribution in [0, 0.1) is 17.2 Å². The number of benzene rings is 1. The Balaban J connectivity index is 2.06. The van der Waals surface area contributed by atoms with Crippen LogP contribution in [0.2, 0.25) is 0 Å². The lowest BCUT2D eigenvalue weighted by Crippen LogP contribution is -2.48. The fourth-order valence-corrected chi connectivity index (χ4v) is 2.85. The summed E-state index contributed by atoms with van der Waals surface area (Å²) in [6, 6.07) is 12.4. The van der Waals surface area contributed by atoms with Gasteiger partial charge in [-0.15, -0.1) is 0 Å². The van der Waals surface area contributed by atoms with Gasteiger partial charge in [0.1, 0.15) is 0 Å². The summed E-state index contributed by atoms with van der Waals surface area (Å²) in [4.78, 5) is 14.6. The minimum atomic E-state index is -0.0537. The molecule has 0 saturated carbocycles. The molecule has 3 heteroatoms. The molecule has 100 valence electrons. The number of Topliss-reactive ketones (excluding diaryl/α,β-unsaturated/α-hetero) is 1. The van der Waals surface area contributed by atoms with Crippen LogP contribution < -0.4 is 0 Å². The number of ketones is 1. The molecule has 1 aromatic rings. The van der Waals surface area contributed by atoms with Crippen molar-refractivity contribution in [2.45, 2.75) is 38.8 Å². The number of carbonyl (C=O) groups is 1. The van der Waals surface area contributed by atoms with Crippen LogP contribution in [0.4, 0.5) is 0 Å². The molecule has 3 nitrogen and oxygen atoms in total. The Bertz CT molecular complexity index is 463. The predicted molar refractivity (Wildman–Crippen MR) is 74.3 cm³/mol. The Morgan fingerprint density at radius 1 is 1.37 bits per heavy atom. The van der Waals surface area contributed by atoms with Crippen molar-refractivity contribution >= 4 is 5.78 Å². The van der Waals surface area contributed by atoms with Crippen molar-refractivity contribution in [3.05, 3.63) is 35.9 Å². The average Bonchev–Trinajstić information content (AvgIpc) is 2.43. The van der Waals surface area contributed by atoms with Gasteiger partial charge in [0.15, 0.2) is 5.78 Å². The first-order chi connectivity index (χ1) is 9.26. The van der Waals surface area contributed by atoms with E-state index in [0.717, 1.165) is 25.9 Å². The molecule has 0 spiro atoms. The third kappa shape index (κ3) is 3.21. The van der Waals surface area contributed by atoms with E-state index >= 15 is 0 Å². The van der Waals surface area contributed by atoms with Crippen LogP contribution in [0.1, 0.15) is 31.7 Å². The van der Waals surface area contributed by atoms with Crippen LogP contribution in [-0.2, 0) is 11.3 Å². The summed E-state index contributed by atoms with van der Waals surface area (Å²) in [6.07, 6.45) is 2.01. The van der Waals surface area contributed by atoms with Gasteiger partial charge in [0.25, 0.3) is 0 Å². The zero-order valence-corrected chi connectivity index (χ0v) is 11.4. The fourth-order valence-electron chi connectivity index (χ4n) is 2.85. The number of nitrogens with zero attached hydrogens (tertiary/aromatic N) is 2. The molecule has 2 atom stereocenters. The van der Waals surface area contributed by atoms with Gasteiger partial charge in [0.2, 0.25) is 0 Å². The lowest BCUT2D eigenvalue weighted by Gasteiger charge is -2.37. The first-order valence-electron chi connectivity index (χ1n) is 6.95. The molecule has 0 aliphatic carbocycles. The maximum Gasteiger partial charge on any atom is 0.154 e. The van der Waals surface area contributed by atoms with E-state index in [4.69, 9.17) is 5.26 Å². The summed E-state index contributed by atoms with van der Waals surface area (Å²) < 4.78 is 0. The van der Waals surface area contributed by atoms with Gasteiger partial charge in [-0.2, -0.15) is 5.26 Å². The molecular formula is C16H20N2O. The van der Waals surface area contributed by atoms with E-state index in [2.05, 4.69) is 30.0 Å². The van der Waals surface area contributed by atoms with E-state index in [1.807, 2.05) is 18.2 Å². The molecule has 1 heterocycles. The molecule has 1 aliphatic heterocycles. The maximum absolute atomic E-state index is 12.4. The Hall–Kier alpha value is -1.66. The smallest absolute Gasteiger partial charge is 0.154 e. The Morgan fingerprint density at radius 3 is 2.74 bits per heavy atom. The predicted octanol–water partition coefficient (Wildman–Crippen LogP) is 2.77. The number of hydrogen-bond acceptors (Lipinski definition) is 3. The van der Waals surface area contributed by atoms with Gasteiger partial charge in [0, 0.05) is 18.9 Å². The Morgan fingerprint density at radius 2 is 2.11 bits per heavy atom. The van der Waals surface area contributed by atoms with Gasteiger partial charge < -0.3 is 0 Å². The number of piperidine rings is 1. The monoisotopic (exact) mass is 256 g/mol. The molecule has 0 amide bonds. The minimum absolute atomic E-state index is 0.0210. The molecule has 2 rings (SSSR count). The third-order valence-corrected chi connectivity index (χ3v) is 3.89. The fraction of sp³-hybridized carbons (Fsp3) is 0.500. The molecule has 0 aromatic heterocycles. The van der Waals surface area contributed by atoms with Gasteiger partial charge in [-0.25, -0.2) is 0 Å². The largest absolute Gasteiger partial charge is 0.298 e. The molecule has 0 radical (unpaired) electrons. The molecule has 0 bridgehead atoms. The zero-order chi connectivity index (χ0) is 13.7. The Labute approximate surface area is 114 Å². The Kier molecular flexibility index (Phi) is 4.70. The second kappa shape index (κ2) is 6.49. The van der Waals surface area contributed by atoms with E-state index < -0.39 is 0 Å². The summed E-state index contributed by atoms with van der Waals surface area (Å²) in [5.74, 6) is 0.202. The van der Waals surface area contributed by atoms with E-state index in [0.29, 0.717) is 6.42 Å². The average molecular weight is 256 g/mol. The summed E-state index contributed by atoms with van der Waals surface area (Å²) >= 11 is 0. The van der Waals surface area contributed by atoms with Crippen molar-refractivity contribution in [1.29, 1.82) is 5.26 Å². The van der Waals surface area contributed by atoms with E-state index in [9.17, 15) is 4.79 Å². The first-order valence-corrected chi connectivity index (χ1v) is 6.95. The van der Waals surface area contributed by atoms with E-state index in [-0.39, 0.29) is 17.7 Å². The topological polar surface area (TPSA) is 44.1 Å². The molecule has 1 saturated heterocycles. The summed E-state index contributed by atoms with van der Waals surface area (Å²) in [7, 11) is 0. The highest BCUT2D eigenvalue weighted by Gasteiger charge is 2.34. The molecule has 2 unspecified atom stereocenters. The summed E-state index contributed by atoms with van der Waals surface area (Å²) in [5.41, 5.74) is 1.24. The van der Waals surface area contributed by atoms with Crippen molar-refractivity contribution in [1.82, 2.24) is 4.90 Å². The van der Waals surface area contributed by atoms with Gasteiger partial charge >= 0.3 is 0 Å². The van der Waals surface area contributed by atoms with Crippen molar-refractivity contribution in [3.63, 3.8) is 0 Å². The van der Waals surface area contributed by atoms with Crippen molar-refractivity contribution in [3.8, 4) is 6.07 Å². The van der Waals surface area contributed by atoms with Gasteiger partial charge in [-0.1, -0.05) is 37.3 Å². The van der Waals surface area contributed by atoms with Crippen LogP contribution in [-0.4, -0.2) is 23.3 Å². The van der Waals surface area contributed by atoms with E-state index in [1.54, 1.807) is 0 Å². The number of likely N-dealkylation sites (tertiary alicyclic amines) is 1. The molecule has 19 heavy (non-hydrogen) atoms. The van der Waals surface area contributed by atoms with Crippen LogP contribution in [0.15, 0.2) is 30.3 Å². The lowest BCUT2D eigenvalue weighted by atomic mass is 9.86. The lowest BCUT2D eigenvalue weighted by molar-refractivity contribution is -0.132. The first kappa shape index (κ1) is 13.8. The van der Waals surface area contributed by atoms with Crippen molar-refractivity contribution < 1.29 is 4.79 Å². The van der Waals surface area contributed by atoms with Crippen LogP contribution in [0.3, 0.4) is 0 Å². The van der Waals surface area contributed by atoms with Gasteiger partial charge in [-0.3, -0.25) is 9.69 Å². The van der Waals surface area contributed by atoms with Crippen molar-refractivity contribution in [2.24, 2.45) is 5.92 Å². The molecular weight excluding hydrogens is 236 g/mol. The summed E-state index contributed by atoms with van der Waals surface area (Å²) in [6.45, 7) is 3.78. The van der Waals surface area contributed by atoms with E-state index in [1.165, 1.54) is 5.56 Å². The molecule has 1 fully saturated rings. The third-order valence-electron chi connectivity index (χ3n) is 3.89. The highest BCUT2D eigenvalue weighted by molar-refractivity contribution is 5.87. The van der Waals surface area contributed by atoms with Crippen LogP contribution in [0.5, 0.6) is 0 Å². The number of carbonyl (C=O) groups excluding carboxylic acids is 1. The van der Waals surface area contributed by atoms with Crippen LogP contribution >= 0.6 is 0 Å². The maximum atomic E-state index is 12.4. The number of nitriles is 1. The summed E-state index contributed by atoms with van der Waals surface area (Å²) in [5, 5.41) is 8.78. The second-order valence-corrected chi connectivity index (χ2v) is 5.13.